The van der Waals surface area contributed by atoms with Crippen molar-refractivity contribution in [1.82, 2.24) is 15.5 Å². The summed E-state index contributed by atoms with van der Waals surface area (Å²) in [5, 5.41) is 9.67. The minimum Gasteiger partial charge on any atom is -0.357 e. The van der Waals surface area contributed by atoms with Crippen LogP contribution in [0.1, 0.15) is 5.56 Å². The topological polar surface area (TPSA) is 61.4 Å². The minimum absolute atomic E-state index is 0.0171. The number of nitrogens with zero attached hydrogens (tertiary/aromatic N) is 1. The molecule has 1 atom stereocenters. The quantitative estimate of drug-likeness (QED) is 0.800. The van der Waals surface area contributed by atoms with Crippen molar-refractivity contribution in [2.75, 3.05) is 26.7 Å². The lowest BCUT2D eigenvalue weighted by atomic mass is 10.1. The maximum atomic E-state index is 12.2. The Hall–Kier alpha value is -1.40. The van der Waals surface area contributed by atoms with Crippen molar-refractivity contribution in [3.05, 3.63) is 22.4 Å². The first-order chi connectivity index (χ1) is 8.72. The molecule has 0 aromatic carbocycles. The van der Waals surface area contributed by atoms with E-state index < -0.39 is 6.04 Å². The summed E-state index contributed by atoms with van der Waals surface area (Å²) in [6, 6.07) is 1.55. The monoisotopic (exact) mass is 267 g/mol. The highest BCUT2D eigenvalue weighted by Gasteiger charge is 2.31. The van der Waals surface area contributed by atoms with Crippen LogP contribution in [0.4, 0.5) is 0 Å². The third kappa shape index (κ3) is 2.88. The summed E-state index contributed by atoms with van der Waals surface area (Å²) in [7, 11) is 1.60. The molecule has 18 heavy (non-hydrogen) atoms. The van der Waals surface area contributed by atoms with E-state index in [9.17, 15) is 9.59 Å². The van der Waals surface area contributed by atoms with Crippen LogP contribution in [0.5, 0.6) is 0 Å². The molecule has 1 aliphatic rings. The highest BCUT2D eigenvalue weighted by Crippen LogP contribution is 2.11. The number of piperazine rings is 1. The van der Waals surface area contributed by atoms with Gasteiger partial charge in [-0.3, -0.25) is 9.59 Å². The summed E-state index contributed by atoms with van der Waals surface area (Å²) in [6.07, 6.45) is 0.372. The van der Waals surface area contributed by atoms with E-state index in [2.05, 4.69) is 10.6 Å². The van der Waals surface area contributed by atoms with E-state index in [1.54, 1.807) is 23.3 Å². The second-order valence-corrected chi connectivity index (χ2v) is 5.01. The number of likely N-dealkylation sites (N-methyl/N-ethyl adjacent to an activating group) is 1. The fourth-order valence-electron chi connectivity index (χ4n) is 2.07. The Labute approximate surface area is 110 Å². The molecule has 1 aromatic rings. The van der Waals surface area contributed by atoms with Crippen molar-refractivity contribution < 1.29 is 9.59 Å². The maximum absolute atomic E-state index is 12.2. The predicted molar refractivity (Wildman–Crippen MR) is 70.5 cm³/mol. The molecule has 0 spiro atoms. The van der Waals surface area contributed by atoms with Gasteiger partial charge in [0.15, 0.2) is 0 Å². The molecule has 2 N–H and O–H groups in total. The SMILES string of the molecule is CNC(=O)C1CNCCN1C(=O)Cc1ccsc1. The molecule has 0 bridgehead atoms. The highest BCUT2D eigenvalue weighted by atomic mass is 32.1. The fourth-order valence-corrected chi connectivity index (χ4v) is 2.74. The molecule has 1 unspecified atom stereocenters. The first-order valence-corrected chi connectivity index (χ1v) is 6.89. The molecule has 0 radical (unpaired) electrons. The number of hydrogen-bond donors (Lipinski definition) is 2. The largest absolute Gasteiger partial charge is 0.357 e. The second kappa shape index (κ2) is 5.97. The number of carbonyl (C=O) groups is 2. The molecule has 2 rings (SSSR count). The third-order valence-corrected chi connectivity index (χ3v) is 3.78. The summed E-state index contributed by atoms with van der Waals surface area (Å²) in [6.45, 7) is 1.85. The number of carbonyl (C=O) groups excluding carboxylic acids is 2. The van der Waals surface area contributed by atoms with Crippen LogP contribution in [0.3, 0.4) is 0 Å². The molecule has 0 aliphatic carbocycles. The third-order valence-electron chi connectivity index (χ3n) is 3.05. The molecule has 1 aromatic heterocycles. The number of nitrogens with one attached hydrogen (secondary N) is 2. The lowest BCUT2D eigenvalue weighted by Gasteiger charge is -2.35. The Morgan fingerprint density at radius 2 is 2.44 bits per heavy atom. The van der Waals surface area contributed by atoms with Gasteiger partial charge in [-0.05, 0) is 22.4 Å². The Bertz CT molecular complexity index is 419. The zero-order valence-corrected chi connectivity index (χ0v) is 11.1. The predicted octanol–water partition coefficient (Wildman–Crippen LogP) is -0.163. The van der Waals surface area contributed by atoms with E-state index in [-0.39, 0.29) is 11.8 Å². The van der Waals surface area contributed by atoms with Gasteiger partial charge in [-0.2, -0.15) is 11.3 Å². The summed E-state index contributed by atoms with van der Waals surface area (Å²) in [5.74, 6) is -0.0932. The van der Waals surface area contributed by atoms with E-state index in [0.717, 1.165) is 12.1 Å². The molecule has 98 valence electrons. The van der Waals surface area contributed by atoms with E-state index >= 15 is 0 Å². The average molecular weight is 267 g/mol. The van der Waals surface area contributed by atoms with Crippen molar-refractivity contribution in [2.45, 2.75) is 12.5 Å². The van der Waals surface area contributed by atoms with Gasteiger partial charge < -0.3 is 15.5 Å². The molecule has 5 nitrogen and oxygen atoms in total. The lowest BCUT2D eigenvalue weighted by molar-refractivity contribution is -0.140. The van der Waals surface area contributed by atoms with Crippen molar-refractivity contribution in [3.63, 3.8) is 0 Å². The van der Waals surface area contributed by atoms with Crippen LogP contribution in [-0.4, -0.2) is 49.4 Å². The maximum Gasteiger partial charge on any atom is 0.243 e. The highest BCUT2D eigenvalue weighted by molar-refractivity contribution is 7.07. The first kappa shape index (κ1) is 13.0. The number of amides is 2. The van der Waals surface area contributed by atoms with E-state index in [4.69, 9.17) is 0 Å². The van der Waals surface area contributed by atoms with Crippen molar-refractivity contribution in [2.24, 2.45) is 0 Å². The summed E-state index contributed by atoms with van der Waals surface area (Å²) in [5.41, 5.74) is 1.01. The van der Waals surface area contributed by atoms with Gasteiger partial charge in [-0.25, -0.2) is 0 Å². The van der Waals surface area contributed by atoms with Gasteiger partial charge in [-0.15, -0.1) is 0 Å². The smallest absolute Gasteiger partial charge is 0.243 e. The molecular formula is C12H17N3O2S. The van der Waals surface area contributed by atoms with E-state index in [1.165, 1.54) is 0 Å². The molecule has 1 aliphatic heterocycles. The van der Waals surface area contributed by atoms with Crippen LogP contribution in [0.15, 0.2) is 16.8 Å². The first-order valence-electron chi connectivity index (χ1n) is 5.95. The van der Waals surface area contributed by atoms with Crippen molar-refractivity contribution in [3.8, 4) is 0 Å². The second-order valence-electron chi connectivity index (χ2n) is 4.23. The van der Waals surface area contributed by atoms with Gasteiger partial charge in [0, 0.05) is 26.7 Å². The van der Waals surface area contributed by atoms with Gasteiger partial charge in [-0.1, -0.05) is 0 Å². The van der Waals surface area contributed by atoms with Gasteiger partial charge in [0.1, 0.15) is 6.04 Å². The standard InChI is InChI=1S/C12H17N3O2S/c1-13-12(17)10-7-14-3-4-15(10)11(16)6-9-2-5-18-8-9/h2,5,8,10,14H,3-4,6-7H2,1H3,(H,13,17). The number of rotatable bonds is 3. The Balaban J connectivity index is 2.04. The lowest BCUT2D eigenvalue weighted by Crippen LogP contribution is -2.59. The van der Waals surface area contributed by atoms with Crippen molar-refractivity contribution in [1.29, 1.82) is 0 Å². The molecule has 2 heterocycles. The summed E-state index contributed by atoms with van der Waals surface area (Å²) >= 11 is 1.58. The fraction of sp³-hybridized carbons (Fsp3) is 0.500. The zero-order valence-electron chi connectivity index (χ0n) is 10.3. The normalized spacial score (nSPS) is 19.6. The summed E-state index contributed by atoms with van der Waals surface area (Å²) < 4.78 is 0. The number of hydrogen-bond acceptors (Lipinski definition) is 4. The molecule has 0 saturated carbocycles. The van der Waals surface area contributed by atoms with E-state index in [0.29, 0.717) is 19.5 Å². The van der Waals surface area contributed by atoms with Crippen LogP contribution in [0, 0.1) is 0 Å². The molecular weight excluding hydrogens is 250 g/mol. The Morgan fingerprint density at radius 3 is 3.11 bits per heavy atom. The van der Waals surface area contributed by atoms with Crippen molar-refractivity contribution >= 4 is 23.2 Å². The molecule has 1 saturated heterocycles. The molecule has 2 amide bonds. The van der Waals surface area contributed by atoms with Gasteiger partial charge in [0.2, 0.25) is 11.8 Å². The zero-order chi connectivity index (χ0) is 13.0. The van der Waals surface area contributed by atoms with Gasteiger partial charge >= 0.3 is 0 Å². The van der Waals surface area contributed by atoms with Crippen LogP contribution in [0.25, 0.3) is 0 Å². The van der Waals surface area contributed by atoms with E-state index in [1.807, 2.05) is 16.8 Å². The van der Waals surface area contributed by atoms with Crippen LogP contribution in [-0.2, 0) is 16.0 Å². The molecule has 6 heteroatoms. The summed E-state index contributed by atoms with van der Waals surface area (Å²) in [4.78, 5) is 25.6. The van der Waals surface area contributed by atoms with Crippen LogP contribution in [0.2, 0.25) is 0 Å². The average Bonchev–Trinajstić information content (AvgIpc) is 2.90. The van der Waals surface area contributed by atoms with Crippen LogP contribution < -0.4 is 10.6 Å². The number of thiophene rings is 1. The van der Waals surface area contributed by atoms with Crippen LogP contribution >= 0.6 is 11.3 Å². The van der Waals surface area contributed by atoms with Gasteiger partial charge in [0.05, 0.1) is 6.42 Å². The Morgan fingerprint density at radius 1 is 1.61 bits per heavy atom. The van der Waals surface area contributed by atoms with Gasteiger partial charge in [0.25, 0.3) is 0 Å². The minimum atomic E-state index is -0.394. The Kier molecular flexibility index (Phi) is 4.33. The molecule has 1 fully saturated rings.